The number of ether oxygens (including phenoxy) is 3. The Morgan fingerprint density at radius 1 is 1.00 bits per heavy atom. The summed E-state index contributed by atoms with van der Waals surface area (Å²) in [6.45, 7) is 3.49. The van der Waals surface area contributed by atoms with Crippen LogP contribution in [0.5, 0.6) is 5.75 Å². The lowest BCUT2D eigenvalue weighted by Gasteiger charge is -2.07. The smallest absolute Gasteiger partial charge is 0.413 e. The van der Waals surface area contributed by atoms with E-state index in [0.29, 0.717) is 17.9 Å². The Labute approximate surface area is 122 Å². The summed E-state index contributed by atoms with van der Waals surface area (Å²) in [4.78, 5) is 33.8. The van der Waals surface area contributed by atoms with Crippen LogP contribution in [0.1, 0.15) is 24.2 Å². The highest BCUT2D eigenvalue weighted by molar-refractivity contribution is 5.92. The van der Waals surface area contributed by atoms with Gasteiger partial charge in [-0.2, -0.15) is 0 Å². The summed E-state index contributed by atoms with van der Waals surface area (Å²) in [6.07, 6.45) is -0.816. The van der Waals surface area contributed by atoms with Crippen LogP contribution in [-0.2, 0) is 14.3 Å². The predicted molar refractivity (Wildman–Crippen MR) is 73.1 cm³/mol. The second-order valence-corrected chi connectivity index (χ2v) is 3.80. The highest BCUT2D eigenvalue weighted by atomic mass is 16.6. The average molecular weight is 295 g/mol. The summed E-state index contributed by atoms with van der Waals surface area (Å²) < 4.78 is 14.6. The SMILES string of the molecule is CCOC(=O)NC(=O)COc1ccc(C(=O)OCC)cc1. The van der Waals surface area contributed by atoms with Gasteiger partial charge in [-0.25, -0.2) is 9.59 Å². The van der Waals surface area contributed by atoms with Crippen molar-refractivity contribution in [1.29, 1.82) is 0 Å². The predicted octanol–water partition coefficient (Wildman–Crippen LogP) is 1.51. The molecule has 0 aliphatic rings. The van der Waals surface area contributed by atoms with Crippen LogP contribution in [-0.4, -0.2) is 37.8 Å². The van der Waals surface area contributed by atoms with E-state index in [2.05, 4.69) is 4.74 Å². The standard InChI is InChI=1S/C14H17NO6/c1-3-19-13(17)10-5-7-11(8-6-10)21-9-12(16)15-14(18)20-4-2/h5-8H,3-4,9H2,1-2H3,(H,15,16,18). The first kappa shape index (κ1) is 16.5. The number of benzene rings is 1. The fourth-order valence-corrected chi connectivity index (χ4v) is 1.37. The van der Waals surface area contributed by atoms with E-state index in [1.807, 2.05) is 5.32 Å². The number of alkyl carbamates (subject to hydrolysis) is 1. The topological polar surface area (TPSA) is 90.9 Å². The lowest BCUT2D eigenvalue weighted by atomic mass is 10.2. The Morgan fingerprint density at radius 3 is 2.19 bits per heavy atom. The molecule has 0 atom stereocenters. The molecule has 0 unspecified atom stereocenters. The molecule has 1 aromatic carbocycles. The van der Waals surface area contributed by atoms with E-state index in [1.54, 1.807) is 13.8 Å². The van der Waals surface area contributed by atoms with Crippen LogP contribution < -0.4 is 10.1 Å². The summed E-state index contributed by atoms with van der Waals surface area (Å²) in [5.41, 5.74) is 0.389. The Bertz CT molecular complexity index is 497. The van der Waals surface area contributed by atoms with E-state index in [-0.39, 0.29) is 13.2 Å². The van der Waals surface area contributed by atoms with Gasteiger partial charge in [-0.3, -0.25) is 10.1 Å². The summed E-state index contributed by atoms with van der Waals surface area (Å²) >= 11 is 0. The number of amides is 2. The van der Waals surface area contributed by atoms with E-state index in [9.17, 15) is 14.4 Å². The van der Waals surface area contributed by atoms with Gasteiger partial charge in [0.05, 0.1) is 18.8 Å². The molecule has 1 N–H and O–H groups in total. The number of rotatable bonds is 6. The van der Waals surface area contributed by atoms with Gasteiger partial charge in [0.15, 0.2) is 6.61 Å². The Balaban J connectivity index is 2.44. The van der Waals surface area contributed by atoms with Gasteiger partial charge in [0.25, 0.3) is 5.91 Å². The maximum Gasteiger partial charge on any atom is 0.413 e. The molecule has 114 valence electrons. The van der Waals surface area contributed by atoms with Crippen molar-refractivity contribution >= 4 is 18.0 Å². The van der Waals surface area contributed by atoms with Crippen LogP contribution in [0.15, 0.2) is 24.3 Å². The molecular formula is C14H17NO6. The molecular weight excluding hydrogens is 278 g/mol. The number of carbonyl (C=O) groups is 3. The second-order valence-electron chi connectivity index (χ2n) is 3.80. The number of esters is 1. The van der Waals surface area contributed by atoms with Gasteiger partial charge in [0, 0.05) is 0 Å². The Kier molecular flexibility index (Phi) is 6.73. The van der Waals surface area contributed by atoms with E-state index in [0.717, 1.165) is 0 Å². The van der Waals surface area contributed by atoms with Crippen LogP contribution in [0.2, 0.25) is 0 Å². The zero-order valence-corrected chi connectivity index (χ0v) is 11.9. The van der Waals surface area contributed by atoms with Crippen LogP contribution in [0, 0.1) is 0 Å². The molecule has 0 spiro atoms. The number of carbonyl (C=O) groups excluding carboxylic acids is 3. The lowest BCUT2D eigenvalue weighted by Crippen LogP contribution is -2.34. The van der Waals surface area contributed by atoms with E-state index in [1.165, 1.54) is 24.3 Å². The maximum atomic E-state index is 11.4. The third-order valence-electron chi connectivity index (χ3n) is 2.25. The third-order valence-corrected chi connectivity index (χ3v) is 2.25. The van der Waals surface area contributed by atoms with E-state index < -0.39 is 18.0 Å². The Hall–Kier alpha value is -2.57. The second kappa shape index (κ2) is 8.57. The molecule has 21 heavy (non-hydrogen) atoms. The molecule has 0 fully saturated rings. The average Bonchev–Trinajstić information content (AvgIpc) is 2.46. The zero-order valence-electron chi connectivity index (χ0n) is 11.9. The quantitative estimate of drug-likeness (QED) is 0.800. The summed E-state index contributed by atoms with van der Waals surface area (Å²) in [5.74, 6) is -0.658. The van der Waals surface area contributed by atoms with Crippen molar-refractivity contribution in [3.05, 3.63) is 29.8 Å². The van der Waals surface area contributed by atoms with Crippen LogP contribution in [0.4, 0.5) is 4.79 Å². The molecule has 0 aromatic heterocycles. The van der Waals surface area contributed by atoms with Crippen molar-refractivity contribution in [2.45, 2.75) is 13.8 Å². The normalized spacial score (nSPS) is 9.62. The van der Waals surface area contributed by atoms with Crippen LogP contribution in [0.3, 0.4) is 0 Å². The van der Waals surface area contributed by atoms with Crippen molar-refractivity contribution in [2.24, 2.45) is 0 Å². The van der Waals surface area contributed by atoms with E-state index in [4.69, 9.17) is 9.47 Å². The third kappa shape index (κ3) is 5.94. The Morgan fingerprint density at radius 2 is 1.62 bits per heavy atom. The molecule has 0 saturated heterocycles. The van der Waals surface area contributed by atoms with Crippen molar-refractivity contribution in [3.63, 3.8) is 0 Å². The minimum atomic E-state index is -0.816. The lowest BCUT2D eigenvalue weighted by molar-refractivity contribution is -0.122. The van der Waals surface area contributed by atoms with Gasteiger partial charge in [-0.1, -0.05) is 0 Å². The van der Waals surface area contributed by atoms with Crippen LogP contribution >= 0.6 is 0 Å². The molecule has 1 rings (SSSR count). The molecule has 0 heterocycles. The highest BCUT2D eigenvalue weighted by Gasteiger charge is 2.10. The molecule has 0 saturated carbocycles. The first-order chi connectivity index (χ1) is 10.1. The first-order valence-corrected chi connectivity index (χ1v) is 6.43. The van der Waals surface area contributed by atoms with Gasteiger partial charge in [-0.15, -0.1) is 0 Å². The van der Waals surface area contributed by atoms with Crippen molar-refractivity contribution < 1.29 is 28.6 Å². The number of imide groups is 1. The van der Waals surface area contributed by atoms with Gasteiger partial charge >= 0.3 is 12.1 Å². The number of hydrogen-bond acceptors (Lipinski definition) is 6. The van der Waals surface area contributed by atoms with Crippen LogP contribution in [0.25, 0.3) is 0 Å². The molecule has 2 amide bonds. The first-order valence-electron chi connectivity index (χ1n) is 6.43. The highest BCUT2D eigenvalue weighted by Crippen LogP contribution is 2.12. The number of nitrogens with one attached hydrogen (secondary N) is 1. The molecule has 0 radical (unpaired) electrons. The van der Waals surface area contributed by atoms with E-state index >= 15 is 0 Å². The molecule has 0 aliphatic heterocycles. The number of hydrogen-bond donors (Lipinski definition) is 1. The minimum absolute atomic E-state index is 0.176. The van der Waals surface area contributed by atoms with Gasteiger partial charge in [0.1, 0.15) is 5.75 Å². The van der Waals surface area contributed by atoms with Crippen molar-refractivity contribution in [1.82, 2.24) is 5.32 Å². The maximum absolute atomic E-state index is 11.4. The van der Waals surface area contributed by atoms with Crippen molar-refractivity contribution in [3.8, 4) is 5.75 Å². The fraction of sp³-hybridized carbons (Fsp3) is 0.357. The van der Waals surface area contributed by atoms with Gasteiger partial charge in [-0.05, 0) is 38.1 Å². The molecule has 7 heteroatoms. The summed E-state index contributed by atoms with van der Waals surface area (Å²) in [5, 5.41) is 2.00. The molecule has 0 bridgehead atoms. The molecule has 7 nitrogen and oxygen atoms in total. The summed E-state index contributed by atoms with van der Waals surface area (Å²) in [6, 6.07) is 6.11. The summed E-state index contributed by atoms with van der Waals surface area (Å²) in [7, 11) is 0. The zero-order chi connectivity index (χ0) is 15.7. The van der Waals surface area contributed by atoms with Gasteiger partial charge in [0.2, 0.25) is 0 Å². The van der Waals surface area contributed by atoms with Gasteiger partial charge < -0.3 is 14.2 Å². The largest absolute Gasteiger partial charge is 0.484 e. The fourth-order valence-electron chi connectivity index (χ4n) is 1.37. The monoisotopic (exact) mass is 295 g/mol. The van der Waals surface area contributed by atoms with Crippen molar-refractivity contribution in [2.75, 3.05) is 19.8 Å². The minimum Gasteiger partial charge on any atom is -0.484 e. The molecule has 0 aliphatic carbocycles. The molecule has 1 aromatic rings.